The van der Waals surface area contributed by atoms with Crippen molar-refractivity contribution in [1.29, 1.82) is 0 Å². The number of fused-ring (bicyclic) bond motifs is 5. The van der Waals surface area contributed by atoms with E-state index in [1.807, 2.05) is 59.2 Å². The maximum atomic E-state index is 13.7. The zero-order valence-electron chi connectivity index (χ0n) is 24.2. The number of aromatic nitrogens is 1. The first-order valence-corrected chi connectivity index (χ1v) is 14.7. The van der Waals surface area contributed by atoms with Gasteiger partial charge in [0, 0.05) is 27.6 Å². The summed E-state index contributed by atoms with van der Waals surface area (Å²) < 4.78 is 1.83. The number of nitrogens with zero attached hydrogens (tertiary/aromatic N) is 2. The molecule has 3 heteroatoms. The van der Waals surface area contributed by atoms with E-state index in [9.17, 15) is 4.79 Å². The first-order valence-electron chi connectivity index (χ1n) is 14.7. The maximum Gasteiger partial charge on any atom is 0.263 e. The van der Waals surface area contributed by atoms with Crippen LogP contribution in [0.1, 0.15) is 25.0 Å². The van der Waals surface area contributed by atoms with Crippen molar-refractivity contribution >= 4 is 38.7 Å². The Morgan fingerprint density at radius 3 is 1.72 bits per heavy atom. The van der Waals surface area contributed by atoms with Crippen molar-refractivity contribution in [3.05, 3.63) is 167 Å². The highest BCUT2D eigenvalue weighted by molar-refractivity contribution is 6.07. The van der Waals surface area contributed by atoms with Gasteiger partial charge in [-0.1, -0.05) is 105 Å². The first kappa shape index (κ1) is 25.3. The van der Waals surface area contributed by atoms with E-state index in [0.29, 0.717) is 0 Å². The largest absolute Gasteiger partial charge is 0.310 e. The van der Waals surface area contributed by atoms with Crippen molar-refractivity contribution in [2.45, 2.75) is 19.3 Å². The number of hydrogen-bond acceptors (Lipinski definition) is 2. The normalized spacial score (nSPS) is 13.6. The molecule has 1 aliphatic rings. The standard InChI is InChI=1S/C40H30N2O/c1-40(2)34-16-8-10-18-37(34)41(38-19-11-9-17-35(38)40)30-23-20-27(21-24-30)28-22-25-36-33(26-28)31-14-6-7-15-32(31)39(43)42(36)29-12-4-3-5-13-29/h3-26H,1-2H3. The van der Waals surface area contributed by atoms with Crippen LogP contribution < -0.4 is 10.5 Å². The fourth-order valence-corrected chi connectivity index (χ4v) is 6.84. The summed E-state index contributed by atoms with van der Waals surface area (Å²) in [4.78, 5) is 16.0. The molecule has 0 amide bonds. The second-order valence-electron chi connectivity index (χ2n) is 11.8. The molecule has 206 valence electrons. The van der Waals surface area contributed by atoms with E-state index in [-0.39, 0.29) is 11.0 Å². The van der Waals surface area contributed by atoms with Crippen LogP contribution in [0.3, 0.4) is 0 Å². The highest BCUT2D eigenvalue weighted by Crippen LogP contribution is 2.51. The quantitative estimate of drug-likeness (QED) is 0.203. The molecule has 0 radical (unpaired) electrons. The van der Waals surface area contributed by atoms with Gasteiger partial charge in [-0.3, -0.25) is 9.36 Å². The molecule has 0 atom stereocenters. The molecule has 0 spiro atoms. The van der Waals surface area contributed by atoms with Crippen LogP contribution in [0.2, 0.25) is 0 Å². The van der Waals surface area contributed by atoms with Gasteiger partial charge in [-0.25, -0.2) is 0 Å². The van der Waals surface area contributed by atoms with Gasteiger partial charge in [-0.15, -0.1) is 0 Å². The second-order valence-corrected chi connectivity index (χ2v) is 11.8. The molecule has 0 fully saturated rings. The van der Waals surface area contributed by atoms with Crippen LogP contribution in [0.4, 0.5) is 17.1 Å². The third-order valence-electron chi connectivity index (χ3n) is 9.00. The van der Waals surface area contributed by atoms with Gasteiger partial charge < -0.3 is 4.90 Å². The third kappa shape index (κ3) is 3.85. The summed E-state index contributed by atoms with van der Waals surface area (Å²) >= 11 is 0. The number of hydrogen-bond donors (Lipinski definition) is 0. The lowest BCUT2D eigenvalue weighted by molar-refractivity contribution is 0.632. The Balaban J connectivity index is 1.27. The van der Waals surface area contributed by atoms with E-state index in [2.05, 4.69) is 110 Å². The Morgan fingerprint density at radius 1 is 0.488 bits per heavy atom. The summed E-state index contributed by atoms with van der Waals surface area (Å²) in [6.07, 6.45) is 0. The zero-order chi connectivity index (χ0) is 29.1. The van der Waals surface area contributed by atoms with Crippen LogP contribution in [0.25, 0.3) is 38.5 Å². The molecule has 8 rings (SSSR count). The van der Waals surface area contributed by atoms with Crippen LogP contribution >= 0.6 is 0 Å². The minimum atomic E-state index is -0.0853. The van der Waals surface area contributed by atoms with Gasteiger partial charge >= 0.3 is 0 Å². The lowest BCUT2D eigenvalue weighted by Crippen LogP contribution is -2.30. The Kier molecular flexibility index (Phi) is 5.63. The van der Waals surface area contributed by atoms with Crippen molar-refractivity contribution in [3.8, 4) is 16.8 Å². The second kappa shape index (κ2) is 9.57. The molecule has 0 N–H and O–H groups in total. The molecular formula is C40H30N2O. The molecule has 0 bridgehead atoms. The minimum absolute atomic E-state index is 0.00308. The Labute approximate surface area is 250 Å². The van der Waals surface area contributed by atoms with Crippen molar-refractivity contribution in [2.75, 3.05) is 4.90 Å². The minimum Gasteiger partial charge on any atom is -0.310 e. The average molecular weight is 555 g/mol. The summed E-state index contributed by atoms with van der Waals surface area (Å²) in [5.74, 6) is 0. The van der Waals surface area contributed by atoms with E-state index < -0.39 is 0 Å². The van der Waals surface area contributed by atoms with Gasteiger partial charge in [-0.05, 0) is 82.2 Å². The summed E-state index contributed by atoms with van der Waals surface area (Å²) in [6.45, 7) is 4.62. The highest BCUT2D eigenvalue weighted by Gasteiger charge is 2.36. The first-order chi connectivity index (χ1) is 21.0. The number of pyridine rings is 1. The Bertz CT molecular complexity index is 2180. The van der Waals surface area contributed by atoms with Gasteiger partial charge in [0.15, 0.2) is 0 Å². The van der Waals surface area contributed by atoms with Crippen LogP contribution in [-0.2, 0) is 5.41 Å². The van der Waals surface area contributed by atoms with Crippen molar-refractivity contribution in [2.24, 2.45) is 0 Å². The molecule has 2 heterocycles. The number of para-hydroxylation sites is 3. The predicted octanol–water partition coefficient (Wildman–Crippen LogP) is 9.92. The number of benzene rings is 6. The van der Waals surface area contributed by atoms with Crippen molar-refractivity contribution < 1.29 is 0 Å². The van der Waals surface area contributed by atoms with E-state index in [4.69, 9.17) is 0 Å². The maximum absolute atomic E-state index is 13.7. The smallest absolute Gasteiger partial charge is 0.263 e. The zero-order valence-corrected chi connectivity index (χ0v) is 24.2. The third-order valence-corrected chi connectivity index (χ3v) is 9.00. The topological polar surface area (TPSA) is 25.2 Å². The monoisotopic (exact) mass is 554 g/mol. The molecule has 0 saturated carbocycles. The number of rotatable bonds is 3. The highest BCUT2D eigenvalue weighted by atomic mass is 16.1. The van der Waals surface area contributed by atoms with Gasteiger partial charge in [0.25, 0.3) is 5.56 Å². The molecule has 1 aliphatic heterocycles. The molecular weight excluding hydrogens is 524 g/mol. The molecule has 1 aromatic heterocycles. The van der Waals surface area contributed by atoms with Crippen molar-refractivity contribution in [1.82, 2.24) is 4.57 Å². The van der Waals surface area contributed by atoms with E-state index >= 15 is 0 Å². The molecule has 0 unspecified atom stereocenters. The van der Waals surface area contributed by atoms with Gasteiger partial charge in [0.2, 0.25) is 0 Å². The van der Waals surface area contributed by atoms with Crippen LogP contribution in [-0.4, -0.2) is 4.57 Å². The molecule has 0 aliphatic carbocycles. The Morgan fingerprint density at radius 2 is 1.05 bits per heavy atom. The fraction of sp³-hybridized carbons (Fsp3) is 0.0750. The van der Waals surface area contributed by atoms with Crippen LogP contribution in [0.5, 0.6) is 0 Å². The summed E-state index contributed by atoms with van der Waals surface area (Å²) in [7, 11) is 0. The molecule has 3 nitrogen and oxygen atoms in total. The lowest BCUT2D eigenvalue weighted by Gasteiger charge is -2.42. The summed E-state index contributed by atoms with van der Waals surface area (Å²) in [5.41, 5.74) is 10.1. The number of anilines is 3. The molecule has 43 heavy (non-hydrogen) atoms. The molecule has 6 aromatic carbocycles. The van der Waals surface area contributed by atoms with Crippen LogP contribution in [0.15, 0.2) is 150 Å². The van der Waals surface area contributed by atoms with E-state index in [1.165, 1.54) is 22.5 Å². The fourth-order valence-electron chi connectivity index (χ4n) is 6.84. The summed E-state index contributed by atoms with van der Waals surface area (Å²) in [6, 6.07) is 50.5. The SMILES string of the molecule is CC1(C)c2ccccc2N(c2ccc(-c3ccc4c(c3)c3ccccc3c(=O)n4-c3ccccc3)cc2)c2ccccc21. The van der Waals surface area contributed by atoms with Gasteiger partial charge in [-0.2, -0.15) is 0 Å². The van der Waals surface area contributed by atoms with Gasteiger partial charge in [0.05, 0.1) is 16.9 Å². The molecule has 0 saturated heterocycles. The van der Waals surface area contributed by atoms with E-state index in [0.717, 1.165) is 44.2 Å². The Hall–Kier alpha value is -5.41. The molecule has 7 aromatic rings. The summed E-state index contributed by atoms with van der Waals surface area (Å²) in [5, 5.41) is 2.75. The van der Waals surface area contributed by atoms with Gasteiger partial charge in [0.1, 0.15) is 0 Å². The predicted molar refractivity (Wildman–Crippen MR) is 179 cm³/mol. The average Bonchev–Trinajstić information content (AvgIpc) is 3.06. The lowest BCUT2D eigenvalue weighted by atomic mass is 9.73. The van der Waals surface area contributed by atoms with Crippen molar-refractivity contribution in [3.63, 3.8) is 0 Å². The van der Waals surface area contributed by atoms with E-state index in [1.54, 1.807) is 0 Å². The van der Waals surface area contributed by atoms with Crippen LogP contribution in [0, 0.1) is 0 Å².